The van der Waals surface area contributed by atoms with Gasteiger partial charge < -0.3 is 0 Å². The van der Waals surface area contributed by atoms with Crippen LogP contribution in [-0.2, 0) is 20.0 Å². The summed E-state index contributed by atoms with van der Waals surface area (Å²) in [6.07, 6.45) is 1.96. The molecule has 1 aromatic rings. The van der Waals surface area contributed by atoms with Crippen LogP contribution < -0.4 is 4.72 Å². The Morgan fingerprint density at radius 3 is 2.27 bits per heavy atom. The van der Waals surface area contributed by atoms with Gasteiger partial charge in [-0.3, -0.25) is 0 Å². The number of nitrogens with zero attached hydrogens (tertiary/aromatic N) is 1. The molecular formula is C12H16Cl2N2O4S2. The smallest absolute Gasteiger partial charge is 0.213 e. The molecule has 0 saturated carbocycles. The maximum atomic E-state index is 12.4. The molecule has 2 rings (SSSR count). The zero-order chi connectivity index (χ0) is 16.5. The molecule has 1 saturated heterocycles. The van der Waals surface area contributed by atoms with Crippen molar-refractivity contribution in [2.75, 3.05) is 19.3 Å². The average molecular weight is 387 g/mol. The summed E-state index contributed by atoms with van der Waals surface area (Å²) in [7, 11) is -7.04. The monoisotopic (exact) mass is 386 g/mol. The summed E-state index contributed by atoms with van der Waals surface area (Å²) in [5, 5.41) is 0.363. The lowest BCUT2D eigenvalue weighted by molar-refractivity contribution is 0.310. The fraction of sp³-hybridized carbons (Fsp3) is 0.500. The first kappa shape index (κ1) is 18.0. The number of piperidine rings is 1. The Bertz CT molecular complexity index is 757. The highest BCUT2D eigenvalue weighted by Crippen LogP contribution is 2.26. The van der Waals surface area contributed by atoms with E-state index in [1.165, 1.54) is 22.5 Å². The molecule has 0 amide bonds. The van der Waals surface area contributed by atoms with Crippen molar-refractivity contribution < 1.29 is 16.8 Å². The van der Waals surface area contributed by atoms with Crippen molar-refractivity contribution in [3.05, 3.63) is 28.2 Å². The van der Waals surface area contributed by atoms with Crippen LogP contribution in [-0.4, -0.2) is 46.5 Å². The summed E-state index contributed by atoms with van der Waals surface area (Å²) >= 11 is 11.7. The van der Waals surface area contributed by atoms with Gasteiger partial charge >= 0.3 is 0 Å². The van der Waals surface area contributed by atoms with Gasteiger partial charge in [-0.1, -0.05) is 23.2 Å². The summed E-state index contributed by atoms with van der Waals surface area (Å²) < 4.78 is 51.5. The van der Waals surface area contributed by atoms with E-state index < -0.39 is 20.0 Å². The van der Waals surface area contributed by atoms with E-state index in [9.17, 15) is 16.8 Å². The molecule has 6 nitrogen and oxygen atoms in total. The van der Waals surface area contributed by atoms with E-state index in [2.05, 4.69) is 4.72 Å². The van der Waals surface area contributed by atoms with Crippen LogP contribution in [0.3, 0.4) is 0 Å². The number of halogens is 2. The van der Waals surface area contributed by atoms with E-state index in [0.717, 1.165) is 6.26 Å². The molecular weight excluding hydrogens is 371 g/mol. The van der Waals surface area contributed by atoms with Gasteiger partial charge in [0.1, 0.15) is 4.90 Å². The van der Waals surface area contributed by atoms with E-state index >= 15 is 0 Å². The van der Waals surface area contributed by atoms with E-state index in [1.54, 1.807) is 0 Å². The van der Waals surface area contributed by atoms with Crippen LogP contribution >= 0.6 is 23.2 Å². The molecule has 0 aromatic heterocycles. The van der Waals surface area contributed by atoms with Crippen molar-refractivity contribution in [2.45, 2.75) is 23.8 Å². The van der Waals surface area contributed by atoms with Crippen LogP contribution in [0, 0.1) is 0 Å². The molecule has 10 heteroatoms. The summed E-state index contributed by atoms with van der Waals surface area (Å²) in [5.41, 5.74) is 0. The van der Waals surface area contributed by atoms with Crippen molar-refractivity contribution in [3.63, 3.8) is 0 Å². The number of sulfonamides is 2. The molecule has 1 aromatic carbocycles. The maximum Gasteiger partial charge on any atom is 0.242 e. The third-order valence-electron chi connectivity index (χ3n) is 3.43. The Kier molecular flexibility index (Phi) is 5.41. The van der Waals surface area contributed by atoms with E-state index in [1.807, 2.05) is 0 Å². The van der Waals surface area contributed by atoms with E-state index in [0.29, 0.717) is 12.8 Å². The summed E-state index contributed by atoms with van der Waals surface area (Å²) in [6.45, 7) is 0.574. The fourth-order valence-electron chi connectivity index (χ4n) is 2.27. The lowest BCUT2D eigenvalue weighted by atomic mass is 10.1. The molecule has 22 heavy (non-hydrogen) atoms. The summed E-state index contributed by atoms with van der Waals surface area (Å²) in [5.74, 6) is 0. The molecule has 1 aliphatic heterocycles. The molecule has 0 bridgehead atoms. The molecule has 0 aliphatic carbocycles. The van der Waals surface area contributed by atoms with Gasteiger partial charge in [0.15, 0.2) is 0 Å². The summed E-state index contributed by atoms with van der Waals surface area (Å²) in [6, 6.07) is 3.88. The third kappa shape index (κ3) is 4.33. The molecule has 1 heterocycles. The van der Waals surface area contributed by atoms with Gasteiger partial charge in [0.25, 0.3) is 0 Å². The topological polar surface area (TPSA) is 83.6 Å². The standard InChI is InChI=1S/C12H16Cl2N2O4S2/c1-21(17,18)16-6-4-10(5-7-16)15-22(19,20)12-8-9(13)2-3-11(12)14/h2-3,8,10,15H,4-7H2,1H3. The normalized spacial score (nSPS) is 18.5. The molecule has 124 valence electrons. The van der Waals surface area contributed by atoms with Crippen LogP contribution in [0.15, 0.2) is 23.1 Å². The third-order valence-corrected chi connectivity index (χ3v) is 6.97. The first-order valence-corrected chi connectivity index (χ1v) is 10.6. The van der Waals surface area contributed by atoms with Crippen LogP contribution in [0.5, 0.6) is 0 Å². The second kappa shape index (κ2) is 6.62. The Labute approximate surface area is 140 Å². The Hall–Kier alpha value is -0.380. The van der Waals surface area contributed by atoms with Crippen LogP contribution in [0.25, 0.3) is 0 Å². The highest BCUT2D eigenvalue weighted by Gasteiger charge is 2.29. The van der Waals surface area contributed by atoms with Crippen molar-refractivity contribution in [1.82, 2.24) is 9.03 Å². The van der Waals surface area contributed by atoms with Crippen molar-refractivity contribution in [2.24, 2.45) is 0 Å². The van der Waals surface area contributed by atoms with Gasteiger partial charge in [0.2, 0.25) is 20.0 Å². The molecule has 0 unspecified atom stereocenters. The number of hydrogen-bond acceptors (Lipinski definition) is 4. The molecule has 1 aliphatic rings. The van der Waals surface area contributed by atoms with Crippen LogP contribution in [0.4, 0.5) is 0 Å². The number of nitrogens with one attached hydrogen (secondary N) is 1. The number of rotatable bonds is 4. The number of hydrogen-bond donors (Lipinski definition) is 1. The van der Waals surface area contributed by atoms with Gasteiger partial charge in [-0.2, -0.15) is 0 Å². The predicted molar refractivity (Wildman–Crippen MR) is 86.2 cm³/mol. The van der Waals surface area contributed by atoms with Gasteiger partial charge in [-0.05, 0) is 31.0 Å². The van der Waals surface area contributed by atoms with Crippen LogP contribution in [0.2, 0.25) is 10.0 Å². The van der Waals surface area contributed by atoms with Gasteiger partial charge in [-0.15, -0.1) is 0 Å². The largest absolute Gasteiger partial charge is 0.242 e. The molecule has 1 fully saturated rings. The maximum absolute atomic E-state index is 12.4. The molecule has 0 radical (unpaired) electrons. The Morgan fingerprint density at radius 2 is 1.73 bits per heavy atom. The van der Waals surface area contributed by atoms with Crippen molar-refractivity contribution in [1.29, 1.82) is 0 Å². The highest BCUT2D eigenvalue weighted by atomic mass is 35.5. The van der Waals surface area contributed by atoms with Crippen molar-refractivity contribution >= 4 is 43.2 Å². The Balaban J connectivity index is 2.10. The minimum absolute atomic E-state index is 0.0767. The van der Waals surface area contributed by atoms with Gasteiger partial charge in [0.05, 0.1) is 11.3 Å². The molecule has 1 N–H and O–H groups in total. The number of benzene rings is 1. The zero-order valence-corrected chi connectivity index (χ0v) is 14.9. The lowest BCUT2D eigenvalue weighted by Crippen LogP contribution is -2.46. The lowest BCUT2D eigenvalue weighted by Gasteiger charge is -2.30. The minimum Gasteiger partial charge on any atom is -0.213 e. The van der Waals surface area contributed by atoms with E-state index in [-0.39, 0.29) is 34.1 Å². The first-order valence-electron chi connectivity index (χ1n) is 6.52. The fourth-order valence-corrected chi connectivity index (χ4v) is 5.21. The zero-order valence-electron chi connectivity index (χ0n) is 11.8. The van der Waals surface area contributed by atoms with Gasteiger partial charge in [0, 0.05) is 24.2 Å². The Morgan fingerprint density at radius 1 is 1.14 bits per heavy atom. The predicted octanol–water partition coefficient (Wildman–Crippen LogP) is 1.70. The van der Waals surface area contributed by atoms with E-state index in [4.69, 9.17) is 23.2 Å². The first-order chi connectivity index (χ1) is 10.1. The highest BCUT2D eigenvalue weighted by molar-refractivity contribution is 7.89. The molecule has 0 spiro atoms. The molecule has 0 atom stereocenters. The minimum atomic E-state index is -3.80. The average Bonchev–Trinajstić information content (AvgIpc) is 2.40. The van der Waals surface area contributed by atoms with Crippen LogP contribution in [0.1, 0.15) is 12.8 Å². The van der Waals surface area contributed by atoms with Crippen molar-refractivity contribution in [3.8, 4) is 0 Å². The second-order valence-electron chi connectivity index (χ2n) is 5.13. The SMILES string of the molecule is CS(=O)(=O)N1CCC(NS(=O)(=O)c2cc(Cl)ccc2Cl)CC1. The quantitative estimate of drug-likeness (QED) is 0.853. The summed E-state index contributed by atoms with van der Waals surface area (Å²) in [4.78, 5) is -0.0767. The van der Waals surface area contributed by atoms with Gasteiger partial charge in [-0.25, -0.2) is 25.9 Å². The second-order valence-corrected chi connectivity index (χ2v) is 9.64.